The van der Waals surface area contributed by atoms with Crippen LogP contribution in [0.15, 0.2) is 54.9 Å². The molecule has 0 fully saturated rings. The van der Waals surface area contributed by atoms with Gasteiger partial charge in [0.2, 0.25) is 5.95 Å². The van der Waals surface area contributed by atoms with Crippen molar-refractivity contribution in [3.63, 3.8) is 0 Å². The van der Waals surface area contributed by atoms with Crippen LogP contribution in [0.4, 0.5) is 11.6 Å². The van der Waals surface area contributed by atoms with Crippen molar-refractivity contribution < 1.29 is 4.79 Å². The van der Waals surface area contributed by atoms with E-state index in [9.17, 15) is 4.79 Å². The van der Waals surface area contributed by atoms with Gasteiger partial charge in [-0.25, -0.2) is 9.97 Å². The van der Waals surface area contributed by atoms with Crippen molar-refractivity contribution in [2.45, 2.75) is 33.2 Å². The van der Waals surface area contributed by atoms with Crippen LogP contribution in [-0.4, -0.2) is 27.3 Å². The molecule has 1 aromatic heterocycles. The fourth-order valence-corrected chi connectivity index (χ4v) is 3.67. The summed E-state index contributed by atoms with van der Waals surface area (Å²) in [5.41, 5.74) is 6.47. The quantitative estimate of drug-likeness (QED) is 0.742. The van der Waals surface area contributed by atoms with Crippen molar-refractivity contribution in [3.05, 3.63) is 82.7 Å². The van der Waals surface area contributed by atoms with Crippen LogP contribution in [0.25, 0.3) is 0 Å². The van der Waals surface area contributed by atoms with Crippen LogP contribution in [0.3, 0.4) is 0 Å². The van der Waals surface area contributed by atoms with Gasteiger partial charge < -0.3 is 10.2 Å². The second kappa shape index (κ2) is 7.80. The summed E-state index contributed by atoms with van der Waals surface area (Å²) in [7, 11) is 0. The van der Waals surface area contributed by atoms with Crippen molar-refractivity contribution in [1.29, 1.82) is 0 Å². The Bertz CT molecular complexity index is 998. The normalized spacial score (nSPS) is 13.1. The molecule has 3 aromatic rings. The van der Waals surface area contributed by atoms with E-state index in [1.807, 2.05) is 17.0 Å². The number of amides is 1. The zero-order valence-electron chi connectivity index (χ0n) is 16.3. The number of hydrogen-bond acceptors (Lipinski definition) is 4. The molecule has 0 radical (unpaired) electrons. The van der Waals surface area contributed by atoms with Crippen LogP contribution >= 0.6 is 0 Å². The number of nitrogens with one attached hydrogen (secondary N) is 1. The summed E-state index contributed by atoms with van der Waals surface area (Å²) in [6.45, 7) is 5.55. The Balaban J connectivity index is 1.49. The van der Waals surface area contributed by atoms with E-state index in [-0.39, 0.29) is 5.91 Å². The molecule has 28 heavy (non-hydrogen) atoms. The number of fused-ring (bicyclic) bond motifs is 1. The largest absolute Gasteiger partial charge is 0.334 e. The third-order valence-electron chi connectivity index (χ3n) is 5.29. The number of anilines is 2. The lowest BCUT2D eigenvalue weighted by atomic mass is 9.99. The van der Waals surface area contributed by atoms with E-state index in [0.717, 1.165) is 30.6 Å². The maximum atomic E-state index is 12.9. The minimum absolute atomic E-state index is 0.0220. The highest BCUT2D eigenvalue weighted by Gasteiger charge is 2.22. The SMILES string of the molecule is CCc1cccc(C)c1Nc1ncc(C(=O)N2CCc3ccccc3C2)cn1. The van der Waals surface area contributed by atoms with Gasteiger partial charge in [-0.05, 0) is 42.0 Å². The predicted molar refractivity (Wildman–Crippen MR) is 111 cm³/mol. The molecule has 1 N–H and O–H groups in total. The first-order valence-corrected chi connectivity index (χ1v) is 9.69. The summed E-state index contributed by atoms with van der Waals surface area (Å²) < 4.78 is 0. The average molecular weight is 372 g/mol. The summed E-state index contributed by atoms with van der Waals surface area (Å²) in [4.78, 5) is 23.5. The highest BCUT2D eigenvalue weighted by Crippen LogP contribution is 2.24. The lowest BCUT2D eigenvalue weighted by Crippen LogP contribution is -2.36. The van der Waals surface area contributed by atoms with Gasteiger partial charge in [0.15, 0.2) is 0 Å². The van der Waals surface area contributed by atoms with Crippen molar-refractivity contribution in [3.8, 4) is 0 Å². The monoisotopic (exact) mass is 372 g/mol. The van der Waals surface area contributed by atoms with Crippen LogP contribution in [-0.2, 0) is 19.4 Å². The molecule has 2 heterocycles. The maximum absolute atomic E-state index is 12.9. The zero-order chi connectivity index (χ0) is 19.5. The number of carbonyl (C=O) groups is 1. The number of aryl methyl sites for hydroxylation is 2. The predicted octanol–water partition coefficient (Wildman–Crippen LogP) is 4.29. The number of benzene rings is 2. The highest BCUT2D eigenvalue weighted by atomic mass is 16.2. The average Bonchev–Trinajstić information content (AvgIpc) is 2.75. The number of rotatable bonds is 4. The van der Waals surface area contributed by atoms with E-state index in [1.54, 1.807) is 12.4 Å². The molecule has 5 heteroatoms. The third-order valence-corrected chi connectivity index (χ3v) is 5.29. The molecule has 0 saturated carbocycles. The standard InChI is InChI=1S/C23H24N4O/c1-3-17-10-6-7-16(2)21(17)26-23-24-13-20(14-25-23)22(28)27-12-11-18-8-4-5-9-19(18)15-27/h4-10,13-14H,3,11-12,15H2,1-2H3,(H,24,25,26). The lowest BCUT2D eigenvalue weighted by molar-refractivity contribution is 0.0734. The topological polar surface area (TPSA) is 58.1 Å². The minimum atomic E-state index is -0.0220. The molecule has 0 saturated heterocycles. The van der Waals surface area contributed by atoms with Crippen LogP contribution < -0.4 is 5.32 Å². The van der Waals surface area contributed by atoms with E-state index in [0.29, 0.717) is 18.1 Å². The Hall–Kier alpha value is -3.21. The second-order valence-corrected chi connectivity index (χ2v) is 7.13. The minimum Gasteiger partial charge on any atom is -0.334 e. The van der Waals surface area contributed by atoms with Gasteiger partial charge in [-0.3, -0.25) is 4.79 Å². The number of nitrogens with zero attached hydrogens (tertiary/aromatic N) is 3. The van der Waals surface area contributed by atoms with Gasteiger partial charge in [0.25, 0.3) is 5.91 Å². The van der Waals surface area contributed by atoms with Gasteiger partial charge in [-0.1, -0.05) is 49.4 Å². The van der Waals surface area contributed by atoms with Gasteiger partial charge >= 0.3 is 0 Å². The third kappa shape index (κ3) is 3.60. The number of carbonyl (C=O) groups excluding carboxylic acids is 1. The molecular formula is C23H24N4O. The molecule has 0 spiro atoms. The molecule has 0 unspecified atom stereocenters. The first kappa shape index (κ1) is 18.2. The second-order valence-electron chi connectivity index (χ2n) is 7.13. The van der Waals surface area contributed by atoms with Crippen molar-refractivity contribution in [2.75, 3.05) is 11.9 Å². The first-order valence-electron chi connectivity index (χ1n) is 9.69. The van der Waals surface area contributed by atoms with E-state index >= 15 is 0 Å². The lowest BCUT2D eigenvalue weighted by Gasteiger charge is -2.28. The molecule has 0 bridgehead atoms. The Morgan fingerprint density at radius 2 is 1.82 bits per heavy atom. The molecule has 2 aromatic carbocycles. The Labute approximate surface area is 165 Å². The maximum Gasteiger partial charge on any atom is 0.257 e. The van der Waals surface area contributed by atoms with E-state index in [4.69, 9.17) is 0 Å². The van der Waals surface area contributed by atoms with E-state index in [2.05, 4.69) is 59.5 Å². The van der Waals surface area contributed by atoms with Crippen LogP contribution in [0, 0.1) is 6.92 Å². The Morgan fingerprint density at radius 3 is 2.57 bits per heavy atom. The van der Waals surface area contributed by atoms with Gasteiger partial charge in [0.05, 0.1) is 5.56 Å². The van der Waals surface area contributed by atoms with Gasteiger partial charge in [0, 0.05) is 31.2 Å². The Kier molecular flexibility index (Phi) is 5.06. The van der Waals surface area contributed by atoms with Gasteiger partial charge in [0.1, 0.15) is 0 Å². The summed E-state index contributed by atoms with van der Waals surface area (Å²) in [5.74, 6) is 0.482. The molecule has 0 aliphatic carbocycles. The zero-order valence-corrected chi connectivity index (χ0v) is 16.3. The fraction of sp³-hybridized carbons (Fsp3) is 0.261. The molecule has 142 valence electrons. The van der Waals surface area contributed by atoms with Gasteiger partial charge in [-0.15, -0.1) is 0 Å². The van der Waals surface area contributed by atoms with E-state index < -0.39 is 0 Å². The summed E-state index contributed by atoms with van der Waals surface area (Å²) in [6, 6.07) is 14.5. The molecule has 1 amide bonds. The van der Waals surface area contributed by atoms with E-state index in [1.165, 1.54) is 16.7 Å². The van der Waals surface area contributed by atoms with Crippen molar-refractivity contribution in [1.82, 2.24) is 14.9 Å². The molecule has 4 rings (SSSR count). The number of para-hydroxylation sites is 1. The Morgan fingerprint density at radius 1 is 1.07 bits per heavy atom. The number of hydrogen-bond donors (Lipinski definition) is 1. The molecule has 5 nitrogen and oxygen atoms in total. The van der Waals surface area contributed by atoms with Crippen LogP contribution in [0.5, 0.6) is 0 Å². The van der Waals surface area contributed by atoms with Crippen LogP contribution in [0.2, 0.25) is 0 Å². The summed E-state index contributed by atoms with van der Waals surface area (Å²) in [6.07, 6.45) is 5.04. The van der Waals surface area contributed by atoms with Crippen molar-refractivity contribution >= 4 is 17.5 Å². The first-order chi connectivity index (χ1) is 13.7. The fourth-order valence-electron chi connectivity index (χ4n) is 3.67. The molecule has 1 aliphatic rings. The molecular weight excluding hydrogens is 348 g/mol. The molecule has 1 aliphatic heterocycles. The van der Waals surface area contributed by atoms with Crippen LogP contribution in [0.1, 0.15) is 39.5 Å². The highest BCUT2D eigenvalue weighted by molar-refractivity contribution is 5.93. The van der Waals surface area contributed by atoms with Gasteiger partial charge in [-0.2, -0.15) is 0 Å². The molecule has 0 atom stereocenters. The summed E-state index contributed by atoms with van der Waals surface area (Å²) >= 11 is 0. The summed E-state index contributed by atoms with van der Waals surface area (Å²) in [5, 5.41) is 3.30. The van der Waals surface area contributed by atoms with Crippen molar-refractivity contribution in [2.24, 2.45) is 0 Å². The number of aromatic nitrogens is 2. The smallest absolute Gasteiger partial charge is 0.257 e.